The average molecular weight is 387 g/mol. The van der Waals surface area contributed by atoms with Crippen molar-refractivity contribution in [3.8, 4) is 0 Å². The first-order chi connectivity index (χ1) is 12.1. The lowest BCUT2D eigenvalue weighted by Crippen LogP contribution is -2.42. The monoisotopic (exact) mass is 387 g/mol. The second kappa shape index (κ2) is 6.52. The fourth-order valence-electron chi connectivity index (χ4n) is 2.73. The number of anilines is 1. The standard InChI is InChI=1S/C14H22N5O6P/c1-14(2,26(3,22)23)25-10-7(4-20)24-13(9(10)21)19-6-18-8-11(15)16-5-17-12(8)19/h5-7,9-10,13,20-21H,4H2,1-3H3,(H,22,23)(H2,15,16,17)/t7-,9?,10+,13-/m1/s1. The number of ether oxygens (including phenoxy) is 2. The molecule has 1 saturated heterocycles. The number of hydrogen-bond acceptors (Lipinski definition) is 9. The molecule has 5 N–H and O–H groups in total. The van der Waals surface area contributed by atoms with Gasteiger partial charge in [-0.2, -0.15) is 0 Å². The summed E-state index contributed by atoms with van der Waals surface area (Å²) < 4.78 is 24.9. The van der Waals surface area contributed by atoms with Crippen molar-refractivity contribution < 1.29 is 29.1 Å². The second-order valence-electron chi connectivity index (χ2n) is 6.73. The molecule has 26 heavy (non-hydrogen) atoms. The molecule has 1 aliphatic rings. The summed E-state index contributed by atoms with van der Waals surface area (Å²) in [7, 11) is -3.64. The fourth-order valence-corrected chi connectivity index (χ4v) is 3.05. The molecule has 3 heterocycles. The molecule has 1 aliphatic heterocycles. The molecular weight excluding hydrogens is 365 g/mol. The lowest BCUT2D eigenvalue weighted by molar-refractivity contribution is -0.0975. The van der Waals surface area contributed by atoms with Gasteiger partial charge < -0.3 is 30.3 Å². The van der Waals surface area contributed by atoms with Crippen LogP contribution in [-0.4, -0.2) is 71.6 Å². The van der Waals surface area contributed by atoms with Gasteiger partial charge in [0.05, 0.1) is 12.9 Å². The zero-order chi connectivity index (χ0) is 19.3. The van der Waals surface area contributed by atoms with Gasteiger partial charge in [-0.3, -0.25) is 9.13 Å². The predicted molar refractivity (Wildman–Crippen MR) is 91.4 cm³/mol. The van der Waals surface area contributed by atoms with Crippen molar-refractivity contribution in [2.75, 3.05) is 19.0 Å². The number of imidazole rings is 1. The zero-order valence-corrected chi connectivity index (χ0v) is 15.4. The summed E-state index contributed by atoms with van der Waals surface area (Å²) in [5.74, 6) is 0.182. The van der Waals surface area contributed by atoms with E-state index < -0.39 is 43.9 Å². The lowest BCUT2D eigenvalue weighted by atomic mass is 10.1. The van der Waals surface area contributed by atoms with E-state index in [0.717, 1.165) is 0 Å². The molecular formula is C14H22N5O6P. The van der Waals surface area contributed by atoms with Gasteiger partial charge in [0.25, 0.3) is 0 Å². The Morgan fingerprint density at radius 2 is 2.12 bits per heavy atom. The number of nitrogen functional groups attached to an aromatic ring is 1. The van der Waals surface area contributed by atoms with Gasteiger partial charge in [-0.1, -0.05) is 0 Å². The van der Waals surface area contributed by atoms with Crippen LogP contribution in [-0.2, 0) is 14.0 Å². The maximum atomic E-state index is 12.0. The summed E-state index contributed by atoms with van der Waals surface area (Å²) in [4.78, 5) is 21.9. The minimum atomic E-state index is -3.64. The third-order valence-corrected chi connectivity index (χ3v) is 6.68. The van der Waals surface area contributed by atoms with Crippen molar-refractivity contribution in [1.29, 1.82) is 0 Å². The Bertz CT molecular complexity index is 851. The van der Waals surface area contributed by atoms with Gasteiger partial charge in [-0.05, 0) is 13.8 Å². The molecule has 2 aromatic rings. The van der Waals surface area contributed by atoms with Crippen molar-refractivity contribution in [2.24, 2.45) is 0 Å². The van der Waals surface area contributed by atoms with Gasteiger partial charge in [0.2, 0.25) is 7.37 Å². The summed E-state index contributed by atoms with van der Waals surface area (Å²) in [5.41, 5.74) is 6.46. The lowest BCUT2D eigenvalue weighted by Gasteiger charge is -2.33. The third kappa shape index (κ3) is 3.11. The molecule has 3 rings (SSSR count). The number of aliphatic hydroxyl groups excluding tert-OH is 2. The molecule has 0 saturated carbocycles. The van der Waals surface area contributed by atoms with Crippen molar-refractivity contribution in [3.05, 3.63) is 12.7 Å². The third-order valence-electron chi connectivity index (χ3n) is 4.57. The normalized spacial score (nSPS) is 29.2. The Morgan fingerprint density at radius 1 is 1.42 bits per heavy atom. The molecule has 2 unspecified atom stereocenters. The number of fused-ring (bicyclic) bond motifs is 1. The first-order valence-electron chi connectivity index (χ1n) is 7.92. The van der Waals surface area contributed by atoms with Gasteiger partial charge >= 0.3 is 0 Å². The maximum Gasteiger partial charge on any atom is 0.227 e. The van der Waals surface area contributed by atoms with Gasteiger partial charge in [-0.25, -0.2) is 15.0 Å². The summed E-state index contributed by atoms with van der Waals surface area (Å²) in [5, 5.41) is 18.9. The van der Waals surface area contributed by atoms with Crippen molar-refractivity contribution in [2.45, 2.75) is 43.7 Å². The van der Waals surface area contributed by atoms with Crippen molar-refractivity contribution in [1.82, 2.24) is 19.5 Å². The topological polar surface area (TPSA) is 166 Å². The molecule has 2 aromatic heterocycles. The minimum Gasteiger partial charge on any atom is -0.394 e. The second-order valence-corrected chi connectivity index (χ2v) is 9.56. The van der Waals surface area contributed by atoms with Crippen LogP contribution < -0.4 is 5.73 Å². The van der Waals surface area contributed by atoms with E-state index in [2.05, 4.69) is 15.0 Å². The zero-order valence-electron chi connectivity index (χ0n) is 14.6. The van der Waals surface area contributed by atoms with Crippen LogP contribution in [0.4, 0.5) is 5.82 Å². The highest BCUT2D eigenvalue weighted by Crippen LogP contribution is 2.53. The number of nitrogens with two attached hydrogens (primary N) is 1. The van der Waals surface area contributed by atoms with Crippen molar-refractivity contribution >= 4 is 24.4 Å². The Morgan fingerprint density at radius 3 is 2.73 bits per heavy atom. The molecule has 0 aliphatic carbocycles. The molecule has 0 spiro atoms. The van der Waals surface area contributed by atoms with Crippen LogP contribution in [0, 0.1) is 0 Å². The minimum absolute atomic E-state index is 0.182. The Balaban J connectivity index is 1.94. The maximum absolute atomic E-state index is 12.0. The first kappa shape index (κ1) is 19.2. The highest BCUT2D eigenvalue weighted by Gasteiger charge is 2.50. The van der Waals surface area contributed by atoms with E-state index >= 15 is 0 Å². The number of aromatic nitrogens is 4. The molecule has 0 bridgehead atoms. The van der Waals surface area contributed by atoms with E-state index in [0.29, 0.717) is 11.2 Å². The number of aliphatic hydroxyl groups is 2. The molecule has 0 aromatic carbocycles. The number of rotatable bonds is 5. The Kier molecular flexibility index (Phi) is 4.80. The van der Waals surface area contributed by atoms with E-state index in [4.69, 9.17) is 15.2 Å². The smallest absolute Gasteiger partial charge is 0.227 e. The van der Waals surface area contributed by atoms with E-state index in [1.54, 1.807) is 0 Å². The number of hydrogen-bond donors (Lipinski definition) is 4. The summed E-state index contributed by atoms with van der Waals surface area (Å²) in [6, 6.07) is 0. The van der Waals surface area contributed by atoms with Gasteiger partial charge in [-0.15, -0.1) is 0 Å². The van der Waals surface area contributed by atoms with E-state index in [1.807, 2.05) is 0 Å². The van der Waals surface area contributed by atoms with Crippen LogP contribution in [0.15, 0.2) is 12.7 Å². The first-order valence-corrected chi connectivity index (χ1v) is 10.0. The van der Waals surface area contributed by atoms with Crippen LogP contribution in [0.2, 0.25) is 0 Å². The molecule has 11 nitrogen and oxygen atoms in total. The quantitative estimate of drug-likeness (QED) is 0.499. The van der Waals surface area contributed by atoms with Crippen LogP contribution in [0.25, 0.3) is 11.2 Å². The molecule has 0 radical (unpaired) electrons. The SMILES string of the molecule is CC(C)(O[C@@H]1C(O)[C@H](n2cnc3c(N)ncnc32)O[C@@H]1CO)P(C)(=O)O. The van der Waals surface area contributed by atoms with E-state index in [1.165, 1.54) is 37.7 Å². The fraction of sp³-hybridized carbons (Fsp3) is 0.643. The molecule has 5 atom stereocenters. The van der Waals surface area contributed by atoms with Crippen LogP contribution in [0.3, 0.4) is 0 Å². The average Bonchev–Trinajstić information content (AvgIpc) is 3.09. The van der Waals surface area contributed by atoms with Crippen LogP contribution >= 0.6 is 7.37 Å². The van der Waals surface area contributed by atoms with Gasteiger partial charge in [0.1, 0.15) is 35.5 Å². The Labute approximate surface area is 149 Å². The van der Waals surface area contributed by atoms with Crippen LogP contribution in [0.5, 0.6) is 0 Å². The Hall–Kier alpha value is -1.62. The molecule has 0 amide bonds. The summed E-state index contributed by atoms with van der Waals surface area (Å²) in [6.07, 6.45) is -1.50. The summed E-state index contributed by atoms with van der Waals surface area (Å²) in [6.45, 7) is 3.62. The molecule has 12 heteroatoms. The van der Waals surface area contributed by atoms with Crippen LogP contribution in [0.1, 0.15) is 20.1 Å². The van der Waals surface area contributed by atoms with E-state index in [9.17, 15) is 19.7 Å². The van der Waals surface area contributed by atoms with E-state index in [-0.39, 0.29) is 5.82 Å². The molecule has 144 valence electrons. The highest BCUT2D eigenvalue weighted by molar-refractivity contribution is 7.58. The highest BCUT2D eigenvalue weighted by atomic mass is 31.2. The van der Waals surface area contributed by atoms with Gasteiger partial charge in [0, 0.05) is 6.66 Å². The predicted octanol–water partition coefficient (Wildman–Crippen LogP) is -0.319. The number of nitrogens with zero attached hydrogens (tertiary/aromatic N) is 4. The largest absolute Gasteiger partial charge is 0.394 e. The van der Waals surface area contributed by atoms with Gasteiger partial charge in [0.15, 0.2) is 17.7 Å². The molecule has 1 fully saturated rings. The van der Waals surface area contributed by atoms with Crippen molar-refractivity contribution in [3.63, 3.8) is 0 Å². The summed E-state index contributed by atoms with van der Waals surface area (Å²) >= 11 is 0.